The van der Waals surface area contributed by atoms with Crippen molar-refractivity contribution in [3.8, 4) is 0 Å². The fourth-order valence-corrected chi connectivity index (χ4v) is 3.26. The lowest BCUT2D eigenvalue weighted by atomic mass is 10.0. The number of amides is 3. The summed E-state index contributed by atoms with van der Waals surface area (Å²) in [6, 6.07) is -2.21. The molecule has 3 atom stereocenters. The van der Waals surface area contributed by atoms with Crippen LogP contribution in [0.15, 0.2) is 0 Å². The molecular weight excluding hydrogens is 314 g/mol. The molecule has 134 valence electrons. The van der Waals surface area contributed by atoms with Gasteiger partial charge in [-0.3, -0.25) is 14.4 Å². The number of likely N-dealkylation sites (tertiary alicyclic amines) is 1. The van der Waals surface area contributed by atoms with E-state index in [4.69, 9.17) is 0 Å². The molecule has 0 saturated carbocycles. The number of rotatable bonds is 6. The van der Waals surface area contributed by atoms with E-state index < -0.39 is 24.1 Å². The third-order valence-corrected chi connectivity index (χ3v) is 4.45. The Morgan fingerprint density at radius 1 is 1.33 bits per heavy atom. The second-order valence-corrected chi connectivity index (χ2v) is 6.88. The number of carbonyl (C=O) groups excluding carboxylic acids is 3. The van der Waals surface area contributed by atoms with Crippen LogP contribution in [0.5, 0.6) is 0 Å². The summed E-state index contributed by atoms with van der Waals surface area (Å²) >= 11 is 0. The van der Waals surface area contributed by atoms with Crippen LogP contribution in [0.1, 0.15) is 46.0 Å². The Hall–Kier alpha value is -2.12. The first kappa shape index (κ1) is 18.2. The van der Waals surface area contributed by atoms with E-state index in [1.165, 1.54) is 4.90 Å². The van der Waals surface area contributed by atoms with E-state index >= 15 is 0 Å². The minimum Gasteiger partial charge on any atom is -0.480 e. The monoisotopic (exact) mass is 339 g/mol. The van der Waals surface area contributed by atoms with Gasteiger partial charge in [0.1, 0.15) is 18.1 Å². The summed E-state index contributed by atoms with van der Waals surface area (Å²) in [5.41, 5.74) is 0. The molecule has 2 heterocycles. The maximum absolute atomic E-state index is 12.8. The molecular formula is C16H25N3O5. The minimum absolute atomic E-state index is 0.156. The molecule has 2 aliphatic heterocycles. The molecule has 0 radical (unpaired) electrons. The Morgan fingerprint density at radius 3 is 2.58 bits per heavy atom. The van der Waals surface area contributed by atoms with Gasteiger partial charge in [0.25, 0.3) is 0 Å². The molecule has 0 aromatic rings. The fraction of sp³-hybridized carbons (Fsp3) is 0.750. The third-order valence-electron chi connectivity index (χ3n) is 4.45. The number of nitrogens with one attached hydrogen (secondary N) is 2. The van der Waals surface area contributed by atoms with E-state index in [0.717, 1.165) is 0 Å². The highest BCUT2D eigenvalue weighted by molar-refractivity contribution is 5.95. The van der Waals surface area contributed by atoms with Gasteiger partial charge in [-0.25, -0.2) is 4.79 Å². The molecule has 0 aromatic heterocycles. The zero-order valence-electron chi connectivity index (χ0n) is 14.1. The predicted octanol–water partition coefficient (Wildman–Crippen LogP) is -0.128. The summed E-state index contributed by atoms with van der Waals surface area (Å²) < 4.78 is 0. The Balaban J connectivity index is 2.06. The van der Waals surface area contributed by atoms with Crippen molar-refractivity contribution in [3.63, 3.8) is 0 Å². The van der Waals surface area contributed by atoms with E-state index in [1.54, 1.807) is 0 Å². The number of hydrogen-bond acceptors (Lipinski definition) is 4. The second kappa shape index (κ2) is 7.63. The van der Waals surface area contributed by atoms with Crippen LogP contribution in [-0.4, -0.2) is 58.4 Å². The van der Waals surface area contributed by atoms with E-state index in [2.05, 4.69) is 10.6 Å². The first-order valence-electron chi connectivity index (χ1n) is 8.42. The molecule has 3 N–H and O–H groups in total. The summed E-state index contributed by atoms with van der Waals surface area (Å²) in [7, 11) is 0. The van der Waals surface area contributed by atoms with Crippen LogP contribution in [-0.2, 0) is 19.2 Å². The highest BCUT2D eigenvalue weighted by Gasteiger charge is 2.38. The zero-order chi connectivity index (χ0) is 17.9. The average molecular weight is 339 g/mol. The number of aliphatic carboxylic acids is 1. The van der Waals surface area contributed by atoms with Crippen molar-refractivity contribution >= 4 is 23.7 Å². The lowest BCUT2D eigenvalue weighted by molar-refractivity contribution is -0.149. The normalized spacial score (nSPS) is 24.8. The molecule has 2 aliphatic rings. The molecule has 2 fully saturated rings. The Kier molecular flexibility index (Phi) is 5.80. The average Bonchev–Trinajstić information content (AvgIpc) is 3.13. The Bertz CT molecular complexity index is 534. The first-order valence-corrected chi connectivity index (χ1v) is 8.42. The summed E-state index contributed by atoms with van der Waals surface area (Å²) in [5.74, 6) is -1.77. The largest absolute Gasteiger partial charge is 0.480 e. The molecule has 0 aliphatic carbocycles. The molecule has 0 bridgehead atoms. The van der Waals surface area contributed by atoms with Crippen molar-refractivity contribution in [1.82, 2.24) is 15.5 Å². The Morgan fingerprint density at radius 2 is 2.04 bits per heavy atom. The smallest absolute Gasteiger partial charge is 0.326 e. The SMILES string of the molecule is CC(C)C[C@@H](NC(=O)[C@H]1CCC(=O)N1)C(=O)N1CCC[C@@H]1C(=O)O. The van der Waals surface area contributed by atoms with E-state index in [9.17, 15) is 24.3 Å². The standard InChI is InChI=1S/C16H25N3O5/c1-9(2)8-11(18-14(21)10-5-6-13(20)17-10)15(22)19-7-3-4-12(19)16(23)24/h9-12H,3-8H2,1-2H3,(H,17,20)(H,18,21)(H,23,24)/t10-,11-,12-/m1/s1. The predicted molar refractivity (Wildman–Crippen MR) is 84.9 cm³/mol. The molecule has 0 unspecified atom stereocenters. The van der Waals surface area contributed by atoms with Gasteiger partial charge in [0.2, 0.25) is 17.7 Å². The lowest BCUT2D eigenvalue weighted by Crippen LogP contribution is -2.54. The second-order valence-electron chi connectivity index (χ2n) is 6.88. The maximum atomic E-state index is 12.8. The number of nitrogens with zero attached hydrogens (tertiary/aromatic N) is 1. The number of carboxylic acids is 1. The van der Waals surface area contributed by atoms with Gasteiger partial charge in [-0.15, -0.1) is 0 Å². The van der Waals surface area contributed by atoms with Crippen LogP contribution in [0.4, 0.5) is 0 Å². The van der Waals surface area contributed by atoms with Crippen LogP contribution in [0.3, 0.4) is 0 Å². The van der Waals surface area contributed by atoms with Crippen LogP contribution in [0.2, 0.25) is 0 Å². The van der Waals surface area contributed by atoms with Crippen LogP contribution < -0.4 is 10.6 Å². The van der Waals surface area contributed by atoms with E-state index in [0.29, 0.717) is 38.6 Å². The first-order chi connectivity index (χ1) is 11.3. The molecule has 24 heavy (non-hydrogen) atoms. The molecule has 0 spiro atoms. The van der Waals surface area contributed by atoms with Crippen molar-refractivity contribution in [2.24, 2.45) is 5.92 Å². The van der Waals surface area contributed by atoms with Gasteiger partial charge in [0.15, 0.2) is 0 Å². The van der Waals surface area contributed by atoms with Crippen LogP contribution >= 0.6 is 0 Å². The van der Waals surface area contributed by atoms with Crippen molar-refractivity contribution in [2.45, 2.75) is 64.1 Å². The molecule has 8 nitrogen and oxygen atoms in total. The Labute approximate surface area is 141 Å². The molecule has 0 aromatic carbocycles. The molecule has 2 saturated heterocycles. The summed E-state index contributed by atoms with van der Waals surface area (Å²) in [4.78, 5) is 49.0. The third kappa shape index (κ3) is 4.24. The molecule has 8 heteroatoms. The van der Waals surface area contributed by atoms with Crippen molar-refractivity contribution in [3.05, 3.63) is 0 Å². The van der Waals surface area contributed by atoms with Gasteiger partial charge >= 0.3 is 5.97 Å². The maximum Gasteiger partial charge on any atom is 0.326 e. The van der Waals surface area contributed by atoms with Crippen molar-refractivity contribution in [1.29, 1.82) is 0 Å². The highest BCUT2D eigenvalue weighted by Crippen LogP contribution is 2.20. The van der Waals surface area contributed by atoms with Crippen molar-refractivity contribution < 1.29 is 24.3 Å². The summed E-state index contributed by atoms with van der Waals surface area (Å²) in [6.07, 6.45) is 2.21. The molecule has 2 rings (SSSR count). The summed E-state index contributed by atoms with van der Waals surface area (Å²) in [5, 5.41) is 14.5. The van der Waals surface area contributed by atoms with E-state index in [-0.39, 0.29) is 23.6 Å². The molecule has 3 amide bonds. The number of carbonyl (C=O) groups is 4. The van der Waals surface area contributed by atoms with Gasteiger partial charge in [-0.2, -0.15) is 0 Å². The number of carboxylic acid groups (broad SMARTS) is 1. The fourth-order valence-electron chi connectivity index (χ4n) is 3.26. The highest BCUT2D eigenvalue weighted by atomic mass is 16.4. The minimum atomic E-state index is -1.02. The van der Waals surface area contributed by atoms with Gasteiger partial charge in [0, 0.05) is 13.0 Å². The van der Waals surface area contributed by atoms with Crippen LogP contribution in [0.25, 0.3) is 0 Å². The van der Waals surface area contributed by atoms with E-state index in [1.807, 2.05) is 13.8 Å². The van der Waals surface area contributed by atoms with Gasteiger partial charge in [-0.05, 0) is 31.6 Å². The topological polar surface area (TPSA) is 116 Å². The zero-order valence-corrected chi connectivity index (χ0v) is 14.1. The van der Waals surface area contributed by atoms with Crippen LogP contribution in [0, 0.1) is 5.92 Å². The van der Waals surface area contributed by atoms with Crippen molar-refractivity contribution in [2.75, 3.05) is 6.54 Å². The summed E-state index contributed by atoms with van der Waals surface area (Å²) in [6.45, 7) is 4.26. The quantitative estimate of drug-likeness (QED) is 0.623. The lowest BCUT2D eigenvalue weighted by Gasteiger charge is -2.29. The number of hydrogen-bond donors (Lipinski definition) is 3. The van der Waals surface area contributed by atoms with Gasteiger partial charge in [-0.1, -0.05) is 13.8 Å². The van der Waals surface area contributed by atoms with Gasteiger partial charge < -0.3 is 20.6 Å². The van der Waals surface area contributed by atoms with Gasteiger partial charge in [0.05, 0.1) is 0 Å².